The molecule has 0 fully saturated rings. The van der Waals surface area contributed by atoms with E-state index in [0.29, 0.717) is 0 Å². The SMILES string of the molecule is O=C(OC(CNc1cc(-c2ccc(C(F)(F)F)c(Cl)c2)ncn1)c1cccc(OC(F)(F)F)c1)C(F)(F)F. The molecular formula is C22H13ClF9N3O3. The van der Waals surface area contributed by atoms with Crippen LogP contribution in [-0.2, 0) is 15.7 Å². The molecule has 16 heteroatoms. The van der Waals surface area contributed by atoms with Gasteiger partial charge in [-0.1, -0.05) is 29.8 Å². The second-order valence-electron chi connectivity index (χ2n) is 7.37. The number of rotatable bonds is 7. The largest absolute Gasteiger partial charge is 0.573 e. The Kier molecular flexibility index (Phi) is 8.29. The molecule has 1 atom stereocenters. The minimum absolute atomic E-state index is 0.0678. The molecule has 0 spiro atoms. The first kappa shape index (κ1) is 28.8. The quantitative estimate of drug-likeness (QED) is 0.243. The molecule has 0 bridgehead atoms. The summed E-state index contributed by atoms with van der Waals surface area (Å²) in [5.74, 6) is -3.44. The molecule has 0 amide bonds. The average molecular weight is 574 g/mol. The van der Waals surface area contributed by atoms with E-state index in [2.05, 4.69) is 24.8 Å². The maximum absolute atomic E-state index is 12.9. The van der Waals surface area contributed by atoms with Crippen molar-refractivity contribution in [2.24, 2.45) is 0 Å². The number of alkyl halides is 9. The zero-order valence-corrected chi connectivity index (χ0v) is 19.1. The number of benzene rings is 2. The summed E-state index contributed by atoms with van der Waals surface area (Å²) in [5, 5.41) is 1.95. The highest BCUT2D eigenvalue weighted by Crippen LogP contribution is 2.37. The summed E-state index contributed by atoms with van der Waals surface area (Å²) in [5.41, 5.74) is -1.14. The lowest BCUT2D eigenvalue weighted by Crippen LogP contribution is -2.29. The van der Waals surface area contributed by atoms with E-state index in [9.17, 15) is 44.3 Å². The van der Waals surface area contributed by atoms with Crippen LogP contribution in [0.15, 0.2) is 54.9 Å². The van der Waals surface area contributed by atoms with Gasteiger partial charge in [-0.25, -0.2) is 14.8 Å². The molecule has 0 radical (unpaired) electrons. The van der Waals surface area contributed by atoms with Crippen LogP contribution in [-0.4, -0.2) is 35.0 Å². The van der Waals surface area contributed by atoms with E-state index < -0.39 is 53.7 Å². The molecule has 38 heavy (non-hydrogen) atoms. The summed E-state index contributed by atoms with van der Waals surface area (Å²) in [6.07, 6.45) is -16.0. The number of aromatic nitrogens is 2. The number of nitrogens with zero attached hydrogens (tertiary/aromatic N) is 2. The molecule has 1 N–H and O–H groups in total. The van der Waals surface area contributed by atoms with Gasteiger partial charge < -0.3 is 14.8 Å². The van der Waals surface area contributed by atoms with Crippen molar-refractivity contribution < 1.29 is 53.8 Å². The van der Waals surface area contributed by atoms with Crippen LogP contribution in [0.1, 0.15) is 17.2 Å². The van der Waals surface area contributed by atoms with Crippen molar-refractivity contribution in [3.05, 3.63) is 71.0 Å². The number of hydrogen-bond acceptors (Lipinski definition) is 6. The fourth-order valence-electron chi connectivity index (χ4n) is 3.05. The minimum atomic E-state index is -5.40. The van der Waals surface area contributed by atoms with E-state index in [0.717, 1.165) is 48.8 Å². The molecular weight excluding hydrogens is 561 g/mol. The highest BCUT2D eigenvalue weighted by atomic mass is 35.5. The van der Waals surface area contributed by atoms with E-state index in [1.165, 1.54) is 6.07 Å². The van der Waals surface area contributed by atoms with E-state index in [1.807, 2.05) is 0 Å². The first-order chi connectivity index (χ1) is 17.5. The highest BCUT2D eigenvalue weighted by molar-refractivity contribution is 6.31. The molecule has 0 saturated heterocycles. The topological polar surface area (TPSA) is 73.3 Å². The zero-order chi connectivity index (χ0) is 28.3. The van der Waals surface area contributed by atoms with Gasteiger partial charge >= 0.3 is 24.7 Å². The Morgan fingerprint density at radius 3 is 2.26 bits per heavy atom. The van der Waals surface area contributed by atoms with Gasteiger partial charge in [0.2, 0.25) is 0 Å². The van der Waals surface area contributed by atoms with Crippen LogP contribution in [0.25, 0.3) is 11.3 Å². The van der Waals surface area contributed by atoms with E-state index in [-0.39, 0.29) is 22.6 Å². The van der Waals surface area contributed by atoms with Crippen molar-refractivity contribution in [2.75, 3.05) is 11.9 Å². The Morgan fingerprint density at radius 1 is 0.947 bits per heavy atom. The second-order valence-corrected chi connectivity index (χ2v) is 7.78. The number of carbonyl (C=O) groups excluding carboxylic acids is 1. The monoisotopic (exact) mass is 573 g/mol. The summed E-state index contributed by atoms with van der Waals surface area (Å²) >= 11 is 5.71. The number of carbonyl (C=O) groups is 1. The number of halogens is 10. The van der Waals surface area contributed by atoms with Crippen LogP contribution in [0.5, 0.6) is 5.75 Å². The van der Waals surface area contributed by atoms with Crippen LogP contribution < -0.4 is 10.1 Å². The third kappa shape index (κ3) is 7.87. The minimum Gasteiger partial charge on any atom is -0.449 e. The molecule has 6 nitrogen and oxygen atoms in total. The summed E-state index contributed by atoms with van der Waals surface area (Å²) in [6, 6.07) is 7.80. The van der Waals surface area contributed by atoms with Crippen molar-refractivity contribution in [1.29, 1.82) is 0 Å². The number of nitrogens with one attached hydrogen (secondary N) is 1. The number of esters is 1. The highest BCUT2D eigenvalue weighted by Gasteiger charge is 2.42. The molecule has 3 rings (SSSR count). The van der Waals surface area contributed by atoms with Crippen molar-refractivity contribution >= 4 is 23.4 Å². The molecule has 0 aliphatic heterocycles. The van der Waals surface area contributed by atoms with Crippen molar-refractivity contribution in [1.82, 2.24) is 9.97 Å². The summed E-state index contributed by atoms with van der Waals surface area (Å²) in [6.45, 7) is -0.610. The Morgan fingerprint density at radius 2 is 1.66 bits per heavy atom. The van der Waals surface area contributed by atoms with Gasteiger partial charge in [0.25, 0.3) is 0 Å². The molecule has 0 aliphatic carbocycles. The molecule has 1 unspecified atom stereocenters. The van der Waals surface area contributed by atoms with Gasteiger partial charge in [-0.3, -0.25) is 0 Å². The normalized spacial score (nSPS) is 13.1. The van der Waals surface area contributed by atoms with Gasteiger partial charge in [0.1, 0.15) is 24.0 Å². The zero-order valence-electron chi connectivity index (χ0n) is 18.4. The predicted molar refractivity (Wildman–Crippen MR) is 114 cm³/mol. The van der Waals surface area contributed by atoms with Gasteiger partial charge in [0.05, 0.1) is 22.8 Å². The van der Waals surface area contributed by atoms with Gasteiger partial charge in [-0.05, 0) is 29.8 Å². The number of ether oxygens (including phenoxy) is 2. The van der Waals surface area contributed by atoms with Crippen LogP contribution >= 0.6 is 11.6 Å². The summed E-state index contributed by atoms with van der Waals surface area (Å²) in [4.78, 5) is 19.2. The van der Waals surface area contributed by atoms with Crippen LogP contribution in [0, 0.1) is 0 Å². The third-order valence-electron chi connectivity index (χ3n) is 4.65. The second kappa shape index (κ2) is 10.9. The summed E-state index contributed by atoms with van der Waals surface area (Å²) in [7, 11) is 0. The first-order valence-corrected chi connectivity index (χ1v) is 10.5. The molecule has 3 aromatic rings. The fourth-order valence-corrected chi connectivity index (χ4v) is 3.34. The molecule has 0 aliphatic rings. The lowest BCUT2D eigenvalue weighted by molar-refractivity contribution is -0.274. The molecule has 1 heterocycles. The van der Waals surface area contributed by atoms with E-state index in [1.54, 1.807) is 0 Å². The maximum Gasteiger partial charge on any atom is 0.573 e. The Hall–Kier alpha value is -3.75. The van der Waals surface area contributed by atoms with Crippen LogP contribution in [0.3, 0.4) is 0 Å². The third-order valence-corrected chi connectivity index (χ3v) is 4.96. The maximum atomic E-state index is 12.9. The number of hydrogen-bond donors (Lipinski definition) is 1. The number of anilines is 1. The lowest BCUT2D eigenvalue weighted by Gasteiger charge is -2.21. The van der Waals surface area contributed by atoms with Gasteiger partial charge in [-0.2, -0.15) is 26.3 Å². The Bertz CT molecular complexity index is 1300. The van der Waals surface area contributed by atoms with Crippen LogP contribution in [0.2, 0.25) is 5.02 Å². The van der Waals surface area contributed by atoms with E-state index >= 15 is 0 Å². The van der Waals surface area contributed by atoms with Crippen LogP contribution in [0.4, 0.5) is 45.3 Å². The predicted octanol–water partition coefficient (Wildman–Crippen LogP) is 6.97. The first-order valence-electron chi connectivity index (χ1n) is 10.1. The fraction of sp³-hybridized carbons (Fsp3) is 0.227. The standard InChI is InChI=1S/C22H13ClF9N3O3/c23-15-7-11(4-5-14(15)20(24,25)26)16-8-18(35-10-34-16)33-9-17(37-19(36)21(27,28)29)12-2-1-3-13(6-12)38-22(30,31)32/h1-8,10,17H,9H2,(H,33,34,35). The summed E-state index contributed by atoms with van der Waals surface area (Å²) < 4.78 is 123. The molecule has 1 aromatic heterocycles. The smallest absolute Gasteiger partial charge is 0.449 e. The van der Waals surface area contributed by atoms with Gasteiger partial charge in [0, 0.05) is 11.6 Å². The van der Waals surface area contributed by atoms with Crippen molar-refractivity contribution in [2.45, 2.75) is 24.8 Å². The lowest BCUT2D eigenvalue weighted by atomic mass is 10.1. The van der Waals surface area contributed by atoms with Gasteiger partial charge in [-0.15, -0.1) is 13.2 Å². The van der Waals surface area contributed by atoms with E-state index in [4.69, 9.17) is 11.6 Å². The molecule has 0 saturated carbocycles. The Labute approximate surface area is 212 Å². The molecule has 2 aromatic carbocycles. The average Bonchev–Trinajstić information content (AvgIpc) is 2.79. The molecule has 204 valence electrons. The van der Waals surface area contributed by atoms with Gasteiger partial charge in [0.15, 0.2) is 0 Å². The Balaban J connectivity index is 1.85. The van der Waals surface area contributed by atoms with Crippen molar-refractivity contribution in [3.63, 3.8) is 0 Å². The van der Waals surface area contributed by atoms with Crippen molar-refractivity contribution in [3.8, 4) is 17.0 Å².